The van der Waals surface area contributed by atoms with Gasteiger partial charge in [-0.2, -0.15) is 0 Å². The molecule has 7 heteroatoms. The molecule has 0 aliphatic heterocycles. The maximum absolute atomic E-state index is 12.3. The molecule has 24 heavy (non-hydrogen) atoms. The van der Waals surface area contributed by atoms with Crippen molar-refractivity contribution >= 4 is 9.84 Å². The van der Waals surface area contributed by atoms with Crippen LogP contribution in [0.15, 0.2) is 75.1 Å². The molecule has 0 unspecified atom stereocenters. The molecule has 0 amide bonds. The Kier molecular flexibility index (Phi) is 3.94. The second-order valence-electron chi connectivity index (χ2n) is 5.29. The van der Waals surface area contributed by atoms with Crippen LogP contribution in [0.25, 0.3) is 16.9 Å². The van der Waals surface area contributed by atoms with E-state index in [1.54, 1.807) is 24.3 Å². The van der Waals surface area contributed by atoms with Crippen molar-refractivity contribution in [2.24, 2.45) is 0 Å². The van der Waals surface area contributed by atoms with Crippen LogP contribution in [0, 0.1) is 0 Å². The maximum Gasteiger partial charge on any atom is 0.333 e. The molecular weight excluding hydrogens is 328 g/mol. The number of aromatic nitrogens is 2. The van der Waals surface area contributed by atoms with Crippen LogP contribution in [-0.2, 0) is 9.84 Å². The first kappa shape index (κ1) is 15.9. The molecule has 0 spiro atoms. The third kappa shape index (κ3) is 3.07. The predicted octanol–water partition coefficient (Wildman–Crippen LogP) is 1.60. The van der Waals surface area contributed by atoms with Gasteiger partial charge in [0.2, 0.25) is 0 Å². The van der Waals surface area contributed by atoms with E-state index in [1.165, 1.54) is 34.9 Å². The Labute approximate surface area is 138 Å². The van der Waals surface area contributed by atoms with Crippen LogP contribution in [0.3, 0.4) is 0 Å². The molecule has 1 N–H and O–H groups in total. The van der Waals surface area contributed by atoms with Crippen molar-refractivity contribution in [2.45, 2.75) is 4.90 Å². The fraction of sp³-hybridized carbons (Fsp3) is 0.0588. The lowest BCUT2D eigenvalue weighted by atomic mass is 10.1. The van der Waals surface area contributed by atoms with Crippen molar-refractivity contribution in [3.8, 4) is 16.9 Å². The standard InChI is InChI=1S/C17H14N2O4S/c1-24(22,23)14-9-7-13(8-10-14)19-15(11-16(20)18-17(19)21)12-5-3-2-4-6-12/h2-11H,1H3,(H,18,20,21). The molecule has 6 nitrogen and oxygen atoms in total. The molecule has 3 rings (SSSR count). The lowest BCUT2D eigenvalue weighted by molar-refractivity contribution is 0.602. The van der Waals surface area contributed by atoms with Crippen molar-refractivity contribution in [1.29, 1.82) is 0 Å². The van der Waals surface area contributed by atoms with Crippen LogP contribution in [-0.4, -0.2) is 24.2 Å². The molecule has 0 atom stereocenters. The molecule has 0 radical (unpaired) electrons. The third-order valence-corrected chi connectivity index (χ3v) is 4.66. The zero-order valence-electron chi connectivity index (χ0n) is 12.8. The number of hydrogen-bond donors (Lipinski definition) is 1. The Bertz CT molecular complexity index is 1100. The van der Waals surface area contributed by atoms with Crippen molar-refractivity contribution < 1.29 is 8.42 Å². The number of hydrogen-bond acceptors (Lipinski definition) is 4. The minimum atomic E-state index is -3.33. The van der Waals surface area contributed by atoms with Gasteiger partial charge in [0.05, 0.1) is 16.3 Å². The first-order valence-electron chi connectivity index (χ1n) is 7.08. The zero-order chi connectivity index (χ0) is 17.3. The molecule has 0 saturated heterocycles. The highest BCUT2D eigenvalue weighted by molar-refractivity contribution is 7.90. The number of nitrogens with one attached hydrogen (secondary N) is 1. The van der Waals surface area contributed by atoms with E-state index in [-0.39, 0.29) is 4.90 Å². The Morgan fingerprint density at radius 2 is 1.54 bits per heavy atom. The van der Waals surface area contributed by atoms with E-state index in [2.05, 4.69) is 4.98 Å². The lowest BCUT2D eigenvalue weighted by Crippen LogP contribution is -2.29. The van der Waals surface area contributed by atoms with E-state index in [9.17, 15) is 18.0 Å². The summed E-state index contributed by atoms with van der Waals surface area (Å²) < 4.78 is 24.5. The highest BCUT2D eigenvalue weighted by Gasteiger charge is 2.12. The summed E-state index contributed by atoms with van der Waals surface area (Å²) in [4.78, 5) is 26.4. The first-order valence-corrected chi connectivity index (χ1v) is 8.98. The summed E-state index contributed by atoms with van der Waals surface area (Å²) in [5.41, 5.74) is 0.503. The molecule has 0 aliphatic carbocycles. The number of H-pyrrole nitrogens is 1. The van der Waals surface area contributed by atoms with Gasteiger partial charge in [0.1, 0.15) is 0 Å². The monoisotopic (exact) mass is 342 g/mol. The number of nitrogens with zero attached hydrogens (tertiary/aromatic N) is 1. The number of rotatable bonds is 3. The van der Waals surface area contributed by atoms with Crippen LogP contribution >= 0.6 is 0 Å². The van der Waals surface area contributed by atoms with E-state index in [0.717, 1.165) is 6.26 Å². The zero-order valence-corrected chi connectivity index (χ0v) is 13.6. The quantitative estimate of drug-likeness (QED) is 0.783. The van der Waals surface area contributed by atoms with Gasteiger partial charge in [-0.25, -0.2) is 13.2 Å². The van der Waals surface area contributed by atoms with Gasteiger partial charge in [0.25, 0.3) is 5.56 Å². The average molecular weight is 342 g/mol. The van der Waals surface area contributed by atoms with Crippen LogP contribution in [0.1, 0.15) is 0 Å². The van der Waals surface area contributed by atoms with E-state index < -0.39 is 21.1 Å². The lowest BCUT2D eigenvalue weighted by Gasteiger charge is -2.12. The molecule has 0 bridgehead atoms. The van der Waals surface area contributed by atoms with Gasteiger partial charge in [-0.15, -0.1) is 0 Å². The Balaban J connectivity index is 2.25. The summed E-state index contributed by atoms with van der Waals surface area (Å²) in [6, 6.07) is 16.3. The van der Waals surface area contributed by atoms with Crippen molar-refractivity contribution in [1.82, 2.24) is 9.55 Å². The second kappa shape index (κ2) is 5.93. The predicted molar refractivity (Wildman–Crippen MR) is 91.2 cm³/mol. The van der Waals surface area contributed by atoms with E-state index in [1.807, 2.05) is 6.07 Å². The van der Waals surface area contributed by atoms with E-state index in [0.29, 0.717) is 16.9 Å². The van der Waals surface area contributed by atoms with Crippen LogP contribution in [0.5, 0.6) is 0 Å². The largest absolute Gasteiger partial charge is 0.333 e. The van der Waals surface area contributed by atoms with Crippen LogP contribution in [0.4, 0.5) is 0 Å². The molecular formula is C17H14N2O4S. The smallest absolute Gasteiger partial charge is 0.274 e. The molecule has 0 aliphatic rings. The van der Waals surface area contributed by atoms with Crippen LogP contribution in [0.2, 0.25) is 0 Å². The van der Waals surface area contributed by atoms with Gasteiger partial charge < -0.3 is 0 Å². The van der Waals surface area contributed by atoms with Gasteiger partial charge in [-0.3, -0.25) is 14.3 Å². The number of benzene rings is 2. The van der Waals surface area contributed by atoms with Crippen molar-refractivity contribution in [3.05, 3.63) is 81.5 Å². The molecule has 0 fully saturated rings. The summed E-state index contributed by atoms with van der Waals surface area (Å²) in [6.45, 7) is 0. The summed E-state index contributed by atoms with van der Waals surface area (Å²) in [6.07, 6.45) is 1.11. The average Bonchev–Trinajstić information content (AvgIpc) is 2.54. The Morgan fingerprint density at radius 3 is 2.12 bits per heavy atom. The molecule has 1 heterocycles. The minimum absolute atomic E-state index is 0.157. The summed E-state index contributed by atoms with van der Waals surface area (Å²) in [5, 5.41) is 0. The summed E-state index contributed by atoms with van der Waals surface area (Å²) >= 11 is 0. The topological polar surface area (TPSA) is 89.0 Å². The number of sulfone groups is 1. The highest BCUT2D eigenvalue weighted by atomic mass is 32.2. The van der Waals surface area contributed by atoms with Gasteiger partial charge in [0, 0.05) is 12.3 Å². The SMILES string of the molecule is CS(=O)(=O)c1ccc(-n2c(-c3ccccc3)cc(=O)[nH]c2=O)cc1. The normalized spacial score (nSPS) is 11.4. The minimum Gasteiger partial charge on any atom is -0.274 e. The second-order valence-corrected chi connectivity index (χ2v) is 7.31. The highest BCUT2D eigenvalue weighted by Crippen LogP contribution is 2.20. The Morgan fingerprint density at radius 1 is 0.917 bits per heavy atom. The van der Waals surface area contributed by atoms with Gasteiger partial charge in [0.15, 0.2) is 9.84 Å². The van der Waals surface area contributed by atoms with Crippen molar-refractivity contribution in [2.75, 3.05) is 6.26 Å². The fourth-order valence-corrected chi connectivity index (χ4v) is 3.05. The molecule has 0 saturated carbocycles. The van der Waals surface area contributed by atoms with Crippen molar-refractivity contribution in [3.63, 3.8) is 0 Å². The Hall–Kier alpha value is -2.93. The molecule has 1 aromatic heterocycles. The summed E-state index contributed by atoms with van der Waals surface area (Å²) in [7, 11) is -3.33. The third-order valence-electron chi connectivity index (χ3n) is 3.53. The fourth-order valence-electron chi connectivity index (χ4n) is 2.42. The van der Waals surface area contributed by atoms with Gasteiger partial charge in [-0.05, 0) is 29.8 Å². The molecule has 3 aromatic rings. The van der Waals surface area contributed by atoms with Gasteiger partial charge >= 0.3 is 5.69 Å². The van der Waals surface area contributed by atoms with Crippen LogP contribution < -0.4 is 11.2 Å². The maximum atomic E-state index is 12.3. The molecule has 2 aromatic carbocycles. The summed E-state index contributed by atoms with van der Waals surface area (Å²) in [5.74, 6) is 0. The molecule has 122 valence electrons. The van der Waals surface area contributed by atoms with Gasteiger partial charge in [-0.1, -0.05) is 30.3 Å². The van der Waals surface area contributed by atoms with E-state index >= 15 is 0 Å². The van der Waals surface area contributed by atoms with E-state index in [4.69, 9.17) is 0 Å². The number of aromatic amines is 1. The first-order chi connectivity index (χ1) is 11.4.